The Bertz CT molecular complexity index is 753. The van der Waals surface area contributed by atoms with E-state index in [1.54, 1.807) is 0 Å². The predicted molar refractivity (Wildman–Crippen MR) is 123 cm³/mol. The van der Waals surface area contributed by atoms with Crippen molar-refractivity contribution in [3.8, 4) is 0 Å². The minimum Gasteiger partial charge on any atom is -0.348 e. The molecule has 150 valence electrons. The van der Waals surface area contributed by atoms with Crippen LogP contribution in [0.4, 0.5) is 0 Å². The Morgan fingerprint density at radius 1 is 1.00 bits per heavy atom. The second kappa shape index (κ2) is 10.9. The molecule has 1 aliphatic rings. The van der Waals surface area contributed by atoms with E-state index in [2.05, 4.69) is 54.4 Å². The molecule has 1 aliphatic heterocycles. The van der Waals surface area contributed by atoms with E-state index in [0.29, 0.717) is 11.1 Å². The number of amides is 1. The van der Waals surface area contributed by atoms with Crippen LogP contribution in [0.3, 0.4) is 0 Å². The predicted octanol–water partition coefficient (Wildman–Crippen LogP) is 5.33. The molecule has 28 heavy (non-hydrogen) atoms. The van der Waals surface area contributed by atoms with Gasteiger partial charge in [-0.1, -0.05) is 50.2 Å². The van der Waals surface area contributed by atoms with Crippen molar-refractivity contribution in [3.05, 3.63) is 70.8 Å². The maximum atomic E-state index is 12.6. The van der Waals surface area contributed by atoms with E-state index in [1.807, 2.05) is 41.7 Å². The molecule has 0 spiro atoms. The quantitative estimate of drug-likeness (QED) is 0.633. The maximum Gasteiger partial charge on any atom is 0.251 e. The lowest BCUT2D eigenvalue weighted by Crippen LogP contribution is -2.26. The minimum atomic E-state index is -0.00635. The number of nitrogens with zero attached hydrogens (tertiary/aromatic N) is 1. The molecule has 0 atom stereocenters. The Morgan fingerprint density at radius 2 is 1.64 bits per heavy atom. The van der Waals surface area contributed by atoms with Gasteiger partial charge in [0.15, 0.2) is 0 Å². The lowest BCUT2D eigenvalue weighted by atomic mass is 10.1. The number of thioether (sulfide) groups is 2. The van der Waals surface area contributed by atoms with E-state index in [0.717, 1.165) is 25.2 Å². The van der Waals surface area contributed by atoms with E-state index in [9.17, 15) is 4.79 Å². The number of carbonyl (C=O) groups excluding carboxylic acids is 1. The zero-order valence-corrected chi connectivity index (χ0v) is 18.5. The highest BCUT2D eigenvalue weighted by Crippen LogP contribution is 2.43. The fourth-order valence-electron chi connectivity index (χ4n) is 3.32. The van der Waals surface area contributed by atoms with E-state index in [-0.39, 0.29) is 5.91 Å². The molecule has 0 radical (unpaired) electrons. The van der Waals surface area contributed by atoms with Gasteiger partial charge in [0.2, 0.25) is 0 Å². The summed E-state index contributed by atoms with van der Waals surface area (Å²) in [6.07, 6.45) is 1.29. The van der Waals surface area contributed by atoms with E-state index in [4.69, 9.17) is 0 Å². The van der Waals surface area contributed by atoms with Crippen molar-refractivity contribution in [1.82, 2.24) is 10.2 Å². The van der Waals surface area contributed by atoms with Crippen LogP contribution < -0.4 is 5.32 Å². The Kier molecular flexibility index (Phi) is 8.31. The highest BCUT2D eigenvalue weighted by atomic mass is 32.2. The van der Waals surface area contributed by atoms with Crippen molar-refractivity contribution in [2.75, 3.05) is 24.6 Å². The van der Waals surface area contributed by atoms with Crippen molar-refractivity contribution < 1.29 is 4.79 Å². The highest BCUT2D eigenvalue weighted by Gasteiger charge is 2.17. The van der Waals surface area contributed by atoms with Crippen LogP contribution in [-0.2, 0) is 13.1 Å². The van der Waals surface area contributed by atoms with Gasteiger partial charge in [0, 0.05) is 18.7 Å². The summed E-state index contributed by atoms with van der Waals surface area (Å²) in [4.78, 5) is 15.0. The van der Waals surface area contributed by atoms with Crippen LogP contribution in [0.2, 0.25) is 0 Å². The second-order valence-electron chi connectivity index (χ2n) is 6.96. The molecular weight excluding hydrogens is 384 g/mol. The third-order valence-electron chi connectivity index (χ3n) is 5.12. The summed E-state index contributed by atoms with van der Waals surface area (Å²) < 4.78 is 0.512. The zero-order valence-electron chi connectivity index (χ0n) is 16.8. The minimum absolute atomic E-state index is 0.00635. The number of nitrogens with one attached hydrogen (secondary N) is 1. The van der Waals surface area contributed by atoms with E-state index < -0.39 is 0 Å². The second-order valence-corrected chi connectivity index (χ2v) is 9.69. The molecule has 0 bridgehead atoms. The molecule has 3 nitrogen and oxygen atoms in total. The number of hydrogen-bond donors (Lipinski definition) is 1. The van der Waals surface area contributed by atoms with Crippen LogP contribution >= 0.6 is 23.5 Å². The first kappa shape index (κ1) is 21.3. The average molecular weight is 415 g/mol. The van der Waals surface area contributed by atoms with E-state index >= 15 is 0 Å². The third kappa shape index (κ3) is 5.79. The molecule has 1 fully saturated rings. The number of carbonyl (C=O) groups is 1. The lowest BCUT2D eigenvalue weighted by Gasteiger charge is -2.21. The third-order valence-corrected chi connectivity index (χ3v) is 8.13. The van der Waals surface area contributed by atoms with Gasteiger partial charge in [-0.3, -0.25) is 9.69 Å². The van der Waals surface area contributed by atoms with Gasteiger partial charge in [-0.05, 0) is 59.8 Å². The van der Waals surface area contributed by atoms with Crippen molar-refractivity contribution in [2.45, 2.75) is 37.9 Å². The number of rotatable bonds is 8. The van der Waals surface area contributed by atoms with Crippen LogP contribution in [0.1, 0.15) is 51.9 Å². The van der Waals surface area contributed by atoms with Gasteiger partial charge < -0.3 is 5.32 Å². The molecule has 0 aliphatic carbocycles. The molecule has 1 N–H and O–H groups in total. The monoisotopic (exact) mass is 414 g/mol. The molecule has 5 heteroatoms. The van der Waals surface area contributed by atoms with Crippen LogP contribution in [0, 0.1) is 0 Å². The molecular formula is C23H30N2OS2. The Labute approximate surface area is 177 Å². The molecule has 1 amide bonds. The molecule has 2 aromatic rings. The molecule has 0 aromatic heterocycles. The summed E-state index contributed by atoms with van der Waals surface area (Å²) in [5.74, 6) is 2.45. The number of benzene rings is 2. The van der Waals surface area contributed by atoms with Gasteiger partial charge in [-0.15, -0.1) is 23.5 Å². The zero-order chi connectivity index (χ0) is 19.8. The normalized spacial score (nSPS) is 15.0. The van der Waals surface area contributed by atoms with Crippen molar-refractivity contribution in [3.63, 3.8) is 0 Å². The van der Waals surface area contributed by atoms with Crippen LogP contribution in [0.15, 0.2) is 48.5 Å². The first-order valence-corrected chi connectivity index (χ1v) is 12.2. The van der Waals surface area contributed by atoms with Gasteiger partial charge in [0.05, 0.1) is 4.58 Å². The lowest BCUT2D eigenvalue weighted by molar-refractivity contribution is 0.0950. The van der Waals surface area contributed by atoms with Crippen molar-refractivity contribution in [2.24, 2.45) is 0 Å². The highest BCUT2D eigenvalue weighted by molar-refractivity contribution is 8.16. The van der Waals surface area contributed by atoms with Crippen LogP contribution in [-0.4, -0.2) is 35.4 Å². The fraction of sp³-hybridized carbons (Fsp3) is 0.435. The Hall–Kier alpha value is -1.43. The fourth-order valence-corrected chi connectivity index (χ4v) is 6.22. The Morgan fingerprint density at radius 3 is 2.29 bits per heavy atom. The van der Waals surface area contributed by atoms with Crippen molar-refractivity contribution >= 4 is 29.4 Å². The topological polar surface area (TPSA) is 32.3 Å². The van der Waals surface area contributed by atoms with Gasteiger partial charge >= 0.3 is 0 Å². The summed E-state index contributed by atoms with van der Waals surface area (Å²) in [5.41, 5.74) is 4.52. The van der Waals surface area contributed by atoms with Gasteiger partial charge in [0.25, 0.3) is 5.91 Å². The van der Waals surface area contributed by atoms with Crippen molar-refractivity contribution in [1.29, 1.82) is 0 Å². The average Bonchev–Trinajstić information content (AvgIpc) is 2.77. The van der Waals surface area contributed by atoms with Gasteiger partial charge in [0.1, 0.15) is 0 Å². The molecule has 0 saturated carbocycles. The van der Waals surface area contributed by atoms with Crippen LogP contribution in [0.5, 0.6) is 0 Å². The SMILES string of the molecule is CCN(CC)Cc1ccccc1CNC(=O)c1ccc(C2SCCCS2)cc1. The first-order valence-electron chi connectivity index (χ1n) is 10.1. The molecule has 3 rings (SSSR count). The summed E-state index contributed by atoms with van der Waals surface area (Å²) in [6, 6.07) is 16.5. The molecule has 2 aromatic carbocycles. The maximum absolute atomic E-state index is 12.6. The first-order chi connectivity index (χ1) is 13.7. The standard InChI is InChI=1S/C23H30N2OS2/c1-3-25(4-2)17-21-9-6-5-8-20(21)16-24-22(26)18-10-12-19(13-11-18)23-27-14-7-15-28-23/h5-6,8-13,23H,3-4,7,14-17H2,1-2H3,(H,24,26). The summed E-state index contributed by atoms with van der Waals surface area (Å²) in [6.45, 7) is 7.91. The summed E-state index contributed by atoms with van der Waals surface area (Å²) in [7, 11) is 0. The largest absolute Gasteiger partial charge is 0.348 e. The van der Waals surface area contributed by atoms with E-state index in [1.165, 1.54) is 34.6 Å². The van der Waals surface area contributed by atoms with Gasteiger partial charge in [-0.2, -0.15) is 0 Å². The number of hydrogen-bond acceptors (Lipinski definition) is 4. The van der Waals surface area contributed by atoms with Gasteiger partial charge in [-0.25, -0.2) is 0 Å². The molecule has 1 saturated heterocycles. The molecule has 0 unspecified atom stereocenters. The molecule has 1 heterocycles. The Balaban J connectivity index is 1.59. The summed E-state index contributed by atoms with van der Waals surface area (Å²) >= 11 is 4.01. The smallest absolute Gasteiger partial charge is 0.251 e. The summed E-state index contributed by atoms with van der Waals surface area (Å²) in [5, 5.41) is 3.10. The van der Waals surface area contributed by atoms with Crippen LogP contribution in [0.25, 0.3) is 0 Å².